The van der Waals surface area contributed by atoms with Crippen molar-refractivity contribution in [2.75, 3.05) is 13.7 Å². The van der Waals surface area contributed by atoms with Gasteiger partial charge in [-0.05, 0) is 42.3 Å². The Bertz CT molecular complexity index is 852. The molecule has 0 aliphatic heterocycles. The van der Waals surface area contributed by atoms with Crippen molar-refractivity contribution in [3.63, 3.8) is 0 Å². The molecule has 0 atom stereocenters. The van der Waals surface area contributed by atoms with Crippen LogP contribution in [0.2, 0.25) is 0 Å². The van der Waals surface area contributed by atoms with E-state index in [-0.39, 0.29) is 19.0 Å². The number of aryl methyl sites for hydroxylation is 1. The van der Waals surface area contributed by atoms with Crippen LogP contribution in [0.1, 0.15) is 16.7 Å². The second-order valence-electron chi connectivity index (χ2n) is 5.34. The molecule has 0 unspecified atom stereocenters. The van der Waals surface area contributed by atoms with E-state index in [0.29, 0.717) is 17.1 Å². The number of methoxy groups -OCH3 is 1. The third-order valence-corrected chi connectivity index (χ3v) is 3.54. The average molecular weight is 353 g/mol. The molecular formula is C20H19NO5. The molecule has 2 aromatic carbocycles. The van der Waals surface area contributed by atoms with E-state index in [1.54, 1.807) is 30.3 Å². The number of hydrogen-bond acceptors (Lipinski definition) is 6. The third kappa shape index (κ3) is 4.85. The average Bonchev–Trinajstić information content (AvgIpc) is 2.67. The molecular weight excluding hydrogens is 334 g/mol. The van der Waals surface area contributed by atoms with E-state index in [1.807, 2.05) is 19.1 Å². The van der Waals surface area contributed by atoms with Crippen molar-refractivity contribution in [3.8, 4) is 17.6 Å². The van der Waals surface area contributed by atoms with Gasteiger partial charge in [0.2, 0.25) is 5.76 Å². The van der Waals surface area contributed by atoms with Gasteiger partial charge < -0.3 is 19.3 Å². The quantitative estimate of drug-likeness (QED) is 0.468. The Labute approximate surface area is 151 Å². The molecule has 0 amide bonds. The van der Waals surface area contributed by atoms with E-state index < -0.39 is 5.97 Å². The molecule has 1 N–H and O–H groups in total. The van der Waals surface area contributed by atoms with Crippen LogP contribution in [-0.4, -0.2) is 24.8 Å². The first kappa shape index (κ1) is 19.0. The van der Waals surface area contributed by atoms with Gasteiger partial charge >= 0.3 is 5.97 Å². The monoisotopic (exact) mass is 353 g/mol. The molecule has 26 heavy (non-hydrogen) atoms. The lowest BCUT2D eigenvalue weighted by Crippen LogP contribution is -2.12. The molecule has 0 radical (unpaired) electrons. The number of nitriles is 1. The van der Waals surface area contributed by atoms with Gasteiger partial charge in [0.1, 0.15) is 24.2 Å². The number of nitrogens with zero attached hydrogens (tertiary/aromatic N) is 1. The lowest BCUT2D eigenvalue weighted by atomic mass is 10.1. The molecule has 2 aromatic rings. The van der Waals surface area contributed by atoms with E-state index >= 15 is 0 Å². The van der Waals surface area contributed by atoms with Gasteiger partial charge in [-0.3, -0.25) is 0 Å². The molecule has 0 aliphatic rings. The number of rotatable bonds is 7. The number of esters is 1. The molecule has 0 aliphatic carbocycles. The molecule has 0 saturated carbocycles. The number of carbonyl (C=O) groups excluding carboxylic acids is 1. The maximum atomic E-state index is 11.7. The Hall–Kier alpha value is -3.30. The van der Waals surface area contributed by atoms with Crippen molar-refractivity contribution in [2.24, 2.45) is 0 Å². The van der Waals surface area contributed by atoms with Gasteiger partial charge in [-0.15, -0.1) is 0 Å². The summed E-state index contributed by atoms with van der Waals surface area (Å²) in [4.78, 5) is 11.7. The van der Waals surface area contributed by atoms with Crippen molar-refractivity contribution in [1.29, 1.82) is 5.26 Å². The van der Waals surface area contributed by atoms with E-state index in [9.17, 15) is 4.79 Å². The fraction of sp³-hybridized carbons (Fsp3) is 0.200. The molecule has 0 fully saturated rings. The first-order chi connectivity index (χ1) is 12.6. The van der Waals surface area contributed by atoms with E-state index in [2.05, 4.69) is 10.8 Å². The van der Waals surface area contributed by atoms with Crippen molar-refractivity contribution in [1.82, 2.24) is 0 Å². The Morgan fingerprint density at radius 1 is 1.23 bits per heavy atom. The van der Waals surface area contributed by atoms with Gasteiger partial charge in [0.15, 0.2) is 0 Å². The Kier molecular flexibility index (Phi) is 6.77. The van der Waals surface area contributed by atoms with Gasteiger partial charge in [-0.2, -0.15) is 5.26 Å². The highest BCUT2D eigenvalue weighted by Crippen LogP contribution is 2.24. The van der Waals surface area contributed by atoms with E-state index in [4.69, 9.17) is 19.8 Å². The van der Waals surface area contributed by atoms with Crippen LogP contribution in [0.25, 0.3) is 0 Å². The van der Waals surface area contributed by atoms with Crippen molar-refractivity contribution < 1.29 is 24.1 Å². The number of benzene rings is 2. The van der Waals surface area contributed by atoms with Gasteiger partial charge in [0.05, 0.1) is 19.3 Å². The summed E-state index contributed by atoms with van der Waals surface area (Å²) >= 11 is 0. The molecule has 0 saturated heterocycles. The minimum Gasteiger partial charge on any atom is -0.488 e. The van der Waals surface area contributed by atoms with Crippen LogP contribution in [0.5, 0.6) is 11.5 Å². The largest absolute Gasteiger partial charge is 0.488 e. The fourth-order valence-corrected chi connectivity index (χ4v) is 2.16. The minimum atomic E-state index is -0.678. The lowest BCUT2D eigenvalue weighted by molar-refractivity contribution is -0.138. The maximum Gasteiger partial charge on any atom is 0.373 e. The molecule has 6 heteroatoms. The Balaban J connectivity index is 2.17. The number of aliphatic hydroxyl groups excluding tert-OH is 1. The summed E-state index contributed by atoms with van der Waals surface area (Å²) in [7, 11) is 1.24. The summed E-state index contributed by atoms with van der Waals surface area (Å²) in [5.41, 5.74) is 2.06. The Morgan fingerprint density at radius 2 is 2.00 bits per heavy atom. The topological polar surface area (TPSA) is 88.8 Å². The number of ether oxygens (including phenoxy) is 3. The second-order valence-corrected chi connectivity index (χ2v) is 5.34. The molecule has 0 heterocycles. The highest BCUT2D eigenvalue weighted by molar-refractivity contribution is 5.86. The van der Waals surface area contributed by atoms with Crippen molar-refractivity contribution >= 4 is 5.97 Å². The highest BCUT2D eigenvalue weighted by Gasteiger charge is 2.14. The second kappa shape index (κ2) is 9.25. The summed E-state index contributed by atoms with van der Waals surface area (Å²) in [6.07, 6.45) is 1.23. The van der Waals surface area contributed by atoms with Crippen LogP contribution in [0.15, 0.2) is 54.3 Å². The van der Waals surface area contributed by atoms with Crippen LogP contribution in [0.4, 0.5) is 0 Å². The number of hydrogen-bond donors (Lipinski definition) is 1. The predicted molar refractivity (Wildman–Crippen MR) is 94.5 cm³/mol. The first-order valence-corrected chi connectivity index (χ1v) is 7.87. The van der Waals surface area contributed by atoms with Gasteiger partial charge in [-0.1, -0.05) is 24.3 Å². The molecule has 0 bridgehead atoms. The SMILES string of the molecule is COC(=O)/C(=C/CO)Oc1cc(COc2ccccc2C#N)ccc1C. The third-order valence-electron chi connectivity index (χ3n) is 3.54. The smallest absolute Gasteiger partial charge is 0.373 e. The minimum absolute atomic E-state index is 0.0917. The van der Waals surface area contributed by atoms with Gasteiger partial charge in [0.25, 0.3) is 0 Å². The zero-order chi connectivity index (χ0) is 18.9. The van der Waals surface area contributed by atoms with Gasteiger partial charge in [0, 0.05) is 0 Å². The zero-order valence-corrected chi connectivity index (χ0v) is 14.6. The van der Waals surface area contributed by atoms with E-state index in [1.165, 1.54) is 13.2 Å². The summed E-state index contributed by atoms with van der Waals surface area (Å²) in [5, 5.41) is 18.1. The van der Waals surface area contributed by atoms with Gasteiger partial charge in [-0.25, -0.2) is 4.79 Å². The number of aliphatic hydroxyl groups is 1. The Morgan fingerprint density at radius 3 is 2.69 bits per heavy atom. The normalized spacial score (nSPS) is 10.8. The summed E-state index contributed by atoms with van der Waals surface area (Å²) < 4.78 is 15.9. The highest BCUT2D eigenvalue weighted by atomic mass is 16.6. The van der Waals surface area contributed by atoms with E-state index in [0.717, 1.165) is 11.1 Å². The van der Waals surface area contributed by atoms with Crippen LogP contribution in [0, 0.1) is 18.3 Å². The molecule has 6 nitrogen and oxygen atoms in total. The zero-order valence-electron chi connectivity index (χ0n) is 14.6. The number of para-hydroxylation sites is 1. The number of carbonyl (C=O) groups is 1. The fourth-order valence-electron chi connectivity index (χ4n) is 2.16. The molecule has 2 rings (SSSR count). The van der Waals surface area contributed by atoms with Crippen LogP contribution in [-0.2, 0) is 16.1 Å². The van der Waals surface area contributed by atoms with Crippen LogP contribution < -0.4 is 9.47 Å². The maximum absolute atomic E-state index is 11.7. The summed E-state index contributed by atoms with van der Waals surface area (Å²) in [6, 6.07) is 14.5. The van der Waals surface area contributed by atoms with Crippen molar-refractivity contribution in [3.05, 3.63) is 71.0 Å². The first-order valence-electron chi connectivity index (χ1n) is 7.87. The summed E-state index contributed by atoms with van der Waals surface area (Å²) in [6.45, 7) is 1.71. The van der Waals surface area contributed by atoms with Crippen LogP contribution in [0.3, 0.4) is 0 Å². The summed E-state index contributed by atoms with van der Waals surface area (Å²) in [5.74, 6) is 0.173. The van der Waals surface area contributed by atoms with Crippen molar-refractivity contribution in [2.45, 2.75) is 13.5 Å². The predicted octanol–water partition coefficient (Wildman–Crippen LogP) is 2.87. The standard InChI is InChI=1S/C20H19NO5/c1-14-7-8-15(13-25-17-6-4-3-5-16(17)12-21)11-19(14)26-18(9-10-22)20(23)24-2/h3-9,11,22H,10,13H2,1-2H3/b18-9-. The molecule has 0 spiro atoms. The molecule has 0 aromatic heterocycles. The van der Waals surface area contributed by atoms with Crippen LogP contribution >= 0.6 is 0 Å². The lowest BCUT2D eigenvalue weighted by Gasteiger charge is -2.13. The molecule has 134 valence electrons.